The van der Waals surface area contributed by atoms with Gasteiger partial charge in [-0.1, -0.05) is 42.5 Å². The molecule has 1 aromatic heterocycles. The van der Waals surface area contributed by atoms with Crippen LogP contribution in [0.25, 0.3) is 11.0 Å². The zero-order chi connectivity index (χ0) is 16.1. The fourth-order valence-corrected chi connectivity index (χ4v) is 2.35. The van der Waals surface area contributed by atoms with Crippen LogP contribution in [0.5, 0.6) is 0 Å². The molecule has 0 spiro atoms. The molecule has 3 aromatic rings. The number of aromatic nitrogens is 2. The number of rotatable bonds is 5. The van der Waals surface area contributed by atoms with Crippen LogP contribution >= 0.6 is 0 Å². The summed E-state index contributed by atoms with van der Waals surface area (Å²) < 4.78 is 0. The van der Waals surface area contributed by atoms with Gasteiger partial charge in [-0.3, -0.25) is 9.59 Å². The van der Waals surface area contributed by atoms with Gasteiger partial charge in [-0.05, 0) is 17.7 Å². The second kappa shape index (κ2) is 6.87. The first-order chi connectivity index (χ1) is 11.2. The van der Waals surface area contributed by atoms with Crippen molar-refractivity contribution in [2.75, 3.05) is 0 Å². The molecule has 5 heteroatoms. The summed E-state index contributed by atoms with van der Waals surface area (Å²) >= 11 is 0. The molecule has 2 N–H and O–H groups in total. The largest absolute Gasteiger partial charge is 0.352 e. The minimum absolute atomic E-state index is 0.0942. The zero-order valence-electron chi connectivity index (χ0n) is 12.6. The van der Waals surface area contributed by atoms with Crippen molar-refractivity contribution in [3.63, 3.8) is 0 Å². The Bertz CT molecular complexity index is 872. The number of benzene rings is 2. The Labute approximate surface area is 133 Å². The number of hydrogen-bond acceptors (Lipinski definition) is 3. The van der Waals surface area contributed by atoms with E-state index in [4.69, 9.17) is 0 Å². The molecule has 0 radical (unpaired) electrons. The Balaban J connectivity index is 1.60. The number of carbonyl (C=O) groups excluding carboxylic acids is 1. The van der Waals surface area contributed by atoms with Gasteiger partial charge in [-0.25, -0.2) is 4.98 Å². The number of nitrogens with one attached hydrogen (secondary N) is 2. The van der Waals surface area contributed by atoms with Crippen molar-refractivity contribution in [1.29, 1.82) is 0 Å². The van der Waals surface area contributed by atoms with Crippen molar-refractivity contribution in [3.8, 4) is 0 Å². The van der Waals surface area contributed by atoms with Crippen LogP contribution in [0.4, 0.5) is 0 Å². The lowest BCUT2D eigenvalue weighted by Crippen LogP contribution is -2.24. The fourth-order valence-electron chi connectivity index (χ4n) is 2.35. The minimum Gasteiger partial charge on any atom is -0.352 e. The summed E-state index contributed by atoms with van der Waals surface area (Å²) in [6.45, 7) is 0.487. The summed E-state index contributed by atoms with van der Waals surface area (Å²) in [6.07, 6.45) is 0.558. The number of para-hydroxylation sites is 2. The van der Waals surface area contributed by atoms with Crippen molar-refractivity contribution >= 4 is 16.9 Å². The lowest BCUT2D eigenvalue weighted by molar-refractivity contribution is -0.121. The molecule has 0 atom stereocenters. The van der Waals surface area contributed by atoms with E-state index in [1.165, 1.54) is 0 Å². The van der Waals surface area contributed by atoms with Crippen LogP contribution in [0.15, 0.2) is 59.4 Å². The predicted octanol–water partition coefficient (Wildman–Crippen LogP) is 2.17. The smallest absolute Gasteiger partial charge is 0.270 e. The van der Waals surface area contributed by atoms with Gasteiger partial charge in [0.05, 0.1) is 11.0 Å². The molecular formula is C18H17N3O2. The molecule has 0 unspecified atom stereocenters. The molecule has 0 fully saturated rings. The molecule has 2 aromatic carbocycles. The number of carbonyl (C=O) groups is 1. The summed E-state index contributed by atoms with van der Waals surface area (Å²) in [5.41, 5.74) is 2.63. The molecule has 0 saturated carbocycles. The first-order valence-corrected chi connectivity index (χ1v) is 7.51. The van der Waals surface area contributed by atoms with Gasteiger partial charge in [0.1, 0.15) is 5.69 Å². The van der Waals surface area contributed by atoms with Crippen molar-refractivity contribution in [1.82, 2.24) is 15.3 Å². The van der Waals surface area contributed by atoms with E-state index in [0.717, 1.165) is 11.1 Å². The third-order valence-corrected chi connectivity index (χ3v) is 3.59. The van der Waals surface area contributed by atoms with Crippen LogP contribution in [0.2, 0.25) is 0 Å². The van der Waals surface area contributed by atoms with E-state index < -0.39 is 0 Å². The van der Waals surface area contributed by atoms with Gasteiger partial charge < -0.3 is 10.3 Å². The van der Waals surface area contributed by atoms with Crippen LogP contribution in [-0.2, 0) is 17.8 Å². The van der Waals surface area contributed by atoms with Gasteiger partial charge in [0.15, 0.2) is 0 Å². The monoisotopic (exact) mass is 307 g/mol. The fraction of sp³-hybridized carbons (Fsp3) is 0.167. The predicted molar refractivity (Wildman–Crippen MR) is 89.0 cm³/mol. The second-order valence-corrected chi connectivity index (χ2v) is 5.29. The van der Waals surface area contributed by atoms with Gasteiger partial charge in [-0.15, -0.1) is 0 Å². The summed E-state index contributed by atoms with van der Waals surface area (Å²) in [7, 11) is 0. The summed E-state index contributed by atoms with van der Waals surface area (Å²) in [5, 5.41) is 2.85. The van der Waals surface area contributed by atoms with E-state index in [-0.39, 0.29) is 17.9 Å². The van der Waals surface area contributed by atoms with E-state index in [1.807, 2.05) is 48.5 Å². The van der Waals surface area contributed by atoms with Crippen molar-refractivity contribution in [2.24, 2.45) is 0 Å². The van der Waals surface area contributed by atoms with Crippen LogP contribution in [0.1, 0.15) is 17.7 Å². The molecule has 23 heavy (non-hydrogen) atoms. The highest BCUT2D eigenvalue weighted by atomic mass is 16.1. The van der Waals surface area contributed by atoms with Crippen LogP contribution in [-0.4, -0.2) is 15.9 Å². The Morgan fingerprint density at radius 2 is 1.78 bits per heavy atom. The number of aromatic amines is 1. The highest BCUT2D eigenvalue weighted by molar-refractivity contribution is 5.76. The quantitative estimate of drug-likeness (QED) is 0.758. The maximum absolute atomic E-state index is 12.0. The summed E-state index contributed by atoms with van der Waals surface area (Å²) in [4.78, 5) is 31.0. The van der Waals surface area contributed by atoms with E-state index >= 15 is 0 Å². The number of amides is 1. The molecule has 116 valence electrons. The second-order valence-electron chi connectivity index (χ2n) is 5.29. The first-order valence-electron chi connectivity index (χ1n) is 7.51. The third-order valence-electron chi connectivity index (χ3n) is 3.59. The maximum atomic E-state index is 12.0. The molecule has 0 saturated heterocycles. The van der Waals surface area contributed by atoms with Gasteiger partial charge in [0.2, 0.25) is 5.91 Å². The van der Waals surface area contributed by atoms with Crippen LogP contribution in [0, 0.1) is 0 Å². The van der Waals surface area contributed by atoms with Crippen LogP contribution < -0.4 is 10.9 Å². The Morgan fingerprint density at radius 1 is 1.04 bits per heavy atom. The number of hydrogen-bond donors (Lipinski definition) is 2. The molecule has 0 aliphatic carbocycles. The Morgan fingerprint density at radius 3 is 2.61 bits per heavy atom. The topological polar surface area (TPSA) is 74.8 Å². The molecule has 1 amide bonds. The van der Waals surface area contributed by atoms with Gasteiger partial charge in [-0.2, -0.15) is 0 Å². The van der Waals surface area contributed by atoms with E-state index in [1.54, 1.807) is 6.07 Å². The average molecular weight is 307 g/mol. The van der Waals surface area contributed by atoms with Gasteiger partial charge in [0.25, 0.3) is 5.56 Å². The van der Waals surface area contributed by atoms with Crippen LogP contribution in [0.3, 0.4) is 0 Å². The van der Waals surface area contributed by atoms with Crippen molar-refractivity contribution in [3.05, 3.63) is 76.2 Å². The van der Waals surface area contributed by atoms with Gasteiger partial charge >= 0.3 is 0 Å². The zero-order valence-corrected chi connectivity index (χ0v) is 12.6. The standard InChI is InChI=1S/C18H17N3O2/c22-17(19-12-13-6-2-1-3-7-13)11-10-16-18(23)21-15-9-5-4-8-14(15)20-16/h1-9H,10-12H2,(H,19,22)(H,21,23). The molecule has 0 aliphatic heterocycles. The van der Waals surface area contributed by atoms with E-state index in [0.29, 0.717) is 24.2 Å². The Hall–Kier alpha value is -2.95. The maximum Gasteiger partial charge on any atom is 0.270 e. The number of H-pyrrole nitrogens is 1. The molecular weight excluding hydrogens is 290 g/mol. The molecule has 3 rings (SSSR count). The lowest BCUT2D eigenvalue weighted by Gasteiger charge is -2.05. The molecule has 0 aliphatic rings. The number of fused-ring (bicyclic) bond motifs is 1. The van der Waals surface area contributed by atoms with E-state index in [9.17, 15) is 9.59 Å². The summed E-state index contributed by atoms with van der Waals surface area (Å²) in [6, 6.07) is 17.1. The minimum atomic E-state index is -0.237. The van der Waals surface area contributed by atoms with Gasteiger partial charge in [0, 0.05) is 19.4 Å². The first kappa shape index (κ1) is 15.0. The third kappa shape index (κ3) is 3.83. The molecule has 0 bridgehead atoms. The van der Waals surface area contributed by atoms with Crippen molar-refractivity contribution in [2.45, 2.75) is 19.4 Å². The Kier molecular flexibility index (Phi) is 4.47. The summed E-state index contributed by atoms with van der Waals surface area (Å²) in [5.74, 6) is -0.0942. The highest BCUT2D eigenvalue weighted by Crippen LogP contribution is 2.07. The lowest BCUT2D eigenvalue weighted by atomic mass is 10.2. The van der Waals surface area contributed by atoms with E-state index in [2.05, 4.69) is 15.3 Å². The molecule has 1 heterocycles. The highest BCUT2D eigenvalue weighted by Gasteiger charge is 2.08. The normalized spacial score (nSPS) is 10.6. The SMILES string of the molecule is O=C(CCc1nc2ccccc2[nH]c1=O)NCc1ccccc1. The molecule has 5 nitrogen and oxygen atoms in total. The van der Waals surface area contributed by atoms with Crippen molar-refractivity contribution < 1.29 is 4.79 Å². The number of aryl methyl sites for hydroxylation is 1. The average Bonchev–Trinajstić information content (AvgIpc) is 2.59. The number of nitrogens with zero attached hydrogens (tertiary/aromatic N) is 1.